The van der Waals surface area contributed by atoms with Gasteiger partial charge in [0.25, 0.3) is 0 Å². The highest BCUT2D eigenvalue weighted by atomic mass is 32.2. The monoisotopic (exact) mass is 384 g/mol. The quantitative estimate of drug-likeness (QED) is 0.711. The molecule has 0 saturated carbocycles. The number of rotatable bonds is 6. The third kappa shape index (κ3) is 8.30. The summed E-state index contributed by atoms with van der Waals surface area (Å²) in [5.74, 6) is 5.16. The molecule has 1 aromatic rings. The molecule has 0 aliphatic carbocycles. The maximum Gasteiger partial charge on any atom is 0.390 e. The molecule has 134 valence electrons. The highest BCUT2D eigenvalue weighted by Gasteiger charge is 2.27. The van der Waals surface area contributed by atoms with Gasteiger partial charge in [0.2, 0.25) is 20.0 Å². The van der Waals surface area contributed by atoms with Crippen molar-refractivity contribution in [3.8, 4) is 11.8 Å². The molecule has 0 spiro atoms. The molecule has 11 heteroatoms. The maximum absolute atomic E-state index is 12.0. The Balaban J connectivity index is 2.68. The molecule has 1 rings (SSSR count). The Hall–Kier alpha value is -1.61. The summed E-state index contributed by atoms with van der Waals surface area (Å²) in [5, 5.41) is 0. The zero-order valence-electron chi connectivity index (χ0n) is 12.5. The molecule has 24 heavy (non-hydrogen) atoms. The lowest BCUT2D eigenvalue weighted by Crippen LogP contribution is -2.28. The summed E-state index contributed by atoms with van der Waals surface area (Å²) in [7, 11) is -7.38. The molecule has 0 heterocycles. The van der Waals surface area contributed by atoms with Gasteiger partial charge in [-0.3, -0.25) is 0 Å². The molecule has 6 nitrogen and oxygen atoms in total. The van der Waals surface area contributed by atoms with E-state index in [1.54, 1.807) is 0 Å². The molecule has 1 aromatic carbocycles. The van der Waals surface area contributed by atoms with E-state index in [0.29, 0.717) is 5.56 Å². The fraction of sp³-hybridized carbons (Fsp3) is 0.385. The number of hydrogen-bond acceptors (Lipinski definition) is 4. The first-order valence-electron chi connectivity index (χ1n) is 6.49. The first kappa shape index (κ1) is 20.4. The molecule has 0 aromatic heterocycles. The molecule has 0 atom stereocenters. The van der Waals surface area contributed by atoms with Gasteiger partial charge in [0.05, 0.1) is 24.1 Å². The van der Waals surface area contributed by atoms with Crippen molar-refractivity contribution in [3.63, 3.8) is 0 Å². The maximum atomic E-state index is 12.0. The second-order valence-electron chi connectivity index (χ2n) is 4.68. The predicted molar refractivity (Wildman–Crippen MR) is 82.0 cm³/mol. The molecule has 0 aliphatic rings. The second kappa shape index (κ2) is 7.98. The minimum Gasteiger partial charge on any atom is -0.213 e. The summed E-state index contributed by atoms with van der Waals surface area (Å²) in [6, 6.07) is 5.13. The molecule has 0 radical (unpaired) electrons. The van der Waals surface area contributed by atoms with Gasteiger partial charge in [-0.15, -0.1) is 0 Å². The van der Waals surface area contributed by atoms with Gasteiger partial charge in [-0.05, 0) is 24.3 Å². The van der Waals surface area contributed by atoms with E-state index in [1.807, 2.05) is 4.72 Å². The van der Waals surface area contributed by atoms with E-state index in [1.165, 1.54) is 24.3 Å². The van der Waals surface area contributed by atoms with E-state index >= 15 is 0 Å². The third-order valence-electron chi connectivity index (χ3n) is 2.52. The molecule has 2 N–H and O–H groups in total. The first-order valence-corrected chi connectivity index (χ1v) is 9.86. The smallest absolute Gasteiger partial charge is 0.213 e. The number of hydrogen-bond donors (Lipinski definition) is 2. The fourth-order valence-corrected chi connectivity index (χ4v) is 2.81. The molecule has 0 amide bonds. The van der Waals surface area contributed by atoms with Gasteiger partial charge < -0.3 is 0 Å². The Morgan fingerprint density at radius 2 is 1.62 bits per heavy atom. The van der Waals surface area contributed by atoms with Crippen LogP contribution < -0.4 is 9.44 Å². The van der Waals surface area contributed by atoms with Crippen LogP contribution in [0.15, 0.2) is 29.2 Å². The summed E-state index contributed by atoms with van der Waals surface area (Å²) in [6.45, 7) is -0.845. The normalized spacial score (nSPS) is 12.5. The van der Waals surface area contributed by atoms with E-state index in [9.17, 15) is 30.0 Å². The average molecular weight is 384 g/mol. The van der Waals surface area contributed by atoms with Crippen LogP contribution >= 0.6 is 0 Å². The van der Waals surface area contributed by atoms with Gasteiger partial charge in [-0.2, -0.15) is 13.2 Å². The SMILES string of the molecule is CS(=O)(=O)NCC#Cc1ccc(S(=O)(=O)NCCC(F)(F)F)cc1. The van der Waals surface area contributed by atoms with Crippen molar-refractivity contribution in [2.45, 2.75) is 17.5 Å². The van der Waals surface area contributed by atoms with E-state index < -0.39 is 39.2 Å². The Kier molecular flexibility index (Phi) is 6.79. The summed E-state index contributed by atoms with van der Waals surface area (Å²) in [4.78, 5) is -0.190. The summed E-state index contributed by atoms with van der Waals surface area (Å²) in [6.07, 6.45) is -4.72. The molecule has 0 fully saturated rings. The third-order valence-corrected chi connectivity index (χ3v) is 4.67. The van der Waals surface area contributed by atoms with Crippen LogP contribution in [0.5, 0.6) is 0 Å². The van der Waals surface area contributed by atoms with Gasteiger partial charge in [-0.1, -0.05) is 11.8 Å². The largest absolute Gasteiger partial charge is 0.390 e. The van der Waals surface area contributed by atoms with Crippen molar-refractivity contribution >= 4 is 20.0 Å². The lowest BCUT2D eigenvalue weighted by molar-refractivity contribution is -0.132. The zero-order chi connectivity index (χ0) is 18.4. The minimum absolute atomic E-state index is 0.0993. The van der Waals surface area contributed by atoms with Crippen LogP contribution in [-0.4, -0.2) is 42.4 Å². The van der Waals surface area contributed by atoms with Crippen LogP contribution in [0.25, 0.3) is 0 Å². The lowest BCUT2D eigenvalue weighted by Gasteiger charge is -2.08. The molecule has 0 bridgehead atoms. The van der Waals surface area contributed by atoms with Crippen molar-refractivity contribution in [1.82, 2.24) is 9.44 Å². The minimum atomic E-state index is -4.44. The number of sulfonamides is 2. The van der Waals surface area contributed by atoms with Crippen molar-refractivity contribution in [3.05, 3.63) is 29.8 Å². The van der Waals surface area contributed by atoms with Crippen LogP contribution in [0.2, 0.25) is 0 Å². The van der Waals surface area contributed by atoms with Gasteiger partial charge >= 0.3 is 6.18 Å². The zero-order valence-corrected chi connectivity index (χ0v) is 14.1. The van der Waals surface area contributed by atoms with Crippen LogP contribution in [-0.2, 0) is 20.0 Å². The molecule has 0 unspecified atom stereocenters. The molecule has 0 aliphatic heterocycles. The van der Waals surface area contributed by atoms with Crippen molar-refractivity contribution in [2.75, 3.05) is 19.3 Å². The van der Waals surface area contributed by atoms with Crippen molar-refractivity contribution < 1.29 is 30.0 Å². The first-order chi connectivity index (χ1) is 10.9. The van der Waals surface area contributed by atoms with Crippen LogP contribution in [0.4, 0.5) is 13.2 Å². The Morgan fingerprint density at radius 3 is 2.12 bits per heavy atom. The fourth-order valence-electron chi connectivity index (χ4n) is 1.44. The van der Waals surface area contributed by atoms with Crippen LogP contribution in [0, 0.1) is 11.8 Å². The number of halogens is 3. The van der Waals surface area contributed by atoms with Crippen LogP contribution in [0.3, 0.4) is 0 Å². The van der Waals surface area contributed by atoms with E-state index in [2.05, 4.69) is 16.6 Å². The van der Waals surface area contributed by atoms with E-state index in [-0.39, 0.29) is 11.4 Å². The number of alkyl halides is 3. The number of nitrogens with one attached hydrogen (secondary N) is 2. The standard InChI is InChI=1S/C13H15F3N2O4S2/c1-23(19,20)17-9-2-3-11-4-6-12(7-5-11)24(21,22)18-10-8-13(14,15)16/h4-7,17-18H,8-10H2,1H3. The van der Waals surface area contributed by atoms with Crippen molar-refractivity contribution in [2.24, 2.45) is 0 Å². The molecular weight excluding hydrogens is 369 g/mol. The Bertz CT molecular complexity index is 821. The second-order valence-corrected chi connectivity index (χ2v) is 8.28. The highest BCUT2D eigenvalue weighted by molar-refractivity contribution is 7.89. The topological polar surface area (TPSA) is 92.3 Å². The summed E-state index contributed by atoms with van der Waals surface area (Å²) >= 11 is 0. The van der Waals surface area contributed by atoms with E-state index in [0.717, 1.165) is 6.26 Å². The average Bonchev–Trinajstić information content (AvgIpc) is 2.41. The summed E-state index contributed by atoms with van der Waals surface area (Å²) < 4.78 is 85.3. The van der Waals surface area contributed by atoms with Crippen molar-refractivity contribution in [1.29, 1.82) is 0 Å². The summed E-state index contributed by atoms with van der Waals surface area (Å²) in [5.41, 5.74) is 0.430. The lowest BCUT2D eigenvalue weighted by atomic mass is 10.2. The van der Waals surface area contributed by atoms with Gasteiger partial charge in [0.15, 0.2) is 0 Å². The van der Waals surface area contributed by atoms with E-state index in [4.69, 9.17) is 0 Å². The molecule has 0 saturated heterocycles. The highest BCUT2D eigenvalue weighted by Crippen LogP contribution is 2.19. The Morgan fingerprint density at radius 1 is 1.04 bits per heavy atom. The van der Waals surface area contributed by atoms with Crippen LogP contribution in [0.1, 0.15) is 12.0 Å². The Labute approximate surface area is 138 Å². The van der Waals surface area contributed by atoms with Gasteiger partial charge in [0.1, 0.15) is 0 Å². The number of benzene rings is 1. The van der Waals surface area contributed by atoms with Gasteiger partial charge in [-0.25, -0.2) is 26.3 Å². The van der Waals surface area contributed by atoms with Gasteiger partial charge in [0, 0.05) is 12.1 Å². The predicted octanol–water partition coefficient (Wildman–Crippen LogP) is 0.818. The molecular formula is C13H15F3N2O4S2.